The van der Waals surface area contributed by atoms with Crippen LogP contribution in [0.4, 0.5) is 0 Å². The van der Waals surface area contributed by atoms with Crippen LogP contribution in [0.3, 0.4) is 0 Å². The molecule has 1 heterocycles. The zero-order chi connectivity index (χ0) is 21.0. The number of aliphatic carboxylic acids is 1. The molecule has 0 saturated heterocycles. The van der Waals surface area contributed by atoms with Gasteiger partial charge in [0.25, 0.3) is 0 Å². The van der Waals surface area contributed by atoms with Crippen LogP contribution in [-0.2, 0) is 20.8 Å². The van der Waals surface area contributed by atoms with Crippen molar-refractivity contribution in [3.05, 3.63) is 39.7 Å². The van der Waals surface area contributed by atoms with Gasteiger partial charge in [0.05, 0.1) is 30.5 Å². The Hall–Kier alpha value is -3.36. The van der Waals surface area contributed by atoms with E-state index in [9.17, 15) is 29.4 Å². The normalized spacial score (nSPS) is 12.0. The fraction of sp³-hybridized carbons (Fsp3) is 0.368. The van der Waals surface area contributed by atoms with Gasteiger partial charge in [-0.1, -0.05) is 13.8 Å². The molecule has 0 radical (unpaired) electrons. The molecule has 0 bridgehead atoms. The number of amides is 2. The van der Waals surface area contributed by atoms with Gasteiger partial charge in [-0.05, 0) is 30.5 Å². The quantitative estimate of drug-likeness (QED) is 0.533. The highest BCUT2D eigenvalue weighted by atomic mass is 16.4. The molecule has 9 nitrogen and oxygen atoms in total. The van der Waals surface area contributed by atoms with Crippen molar-refractivity contribution in [3.63, 3.8) is 0 Å². The molecule has 0 aliphatic rings. The number of aryl methyl sites for hydroxylation is 1. The SMILES string of the molecule is Cc1c(CC(=O)NCC(=O)N[C@H](C(=O)[O-])C(C)C)c(=O)oc2cc(O)ccc12. The molecular weight excluding hydrogens is 368 g/mol. The predicted molar refractivity (Wildman–Crippen MR) is 97.4 cm³/mol. The van der Waals surface area contributed by atoms with Crippen molar-refractivity contribution in [2.24, 2.45) is 5.92 Å². The van der Waals surface area contributed by atoms with E-state index in [1.807, 2.05) is 0 Å². The van der Waals surface area contributed by atoms with E-state index in [1.165, 1.54) is 12.1 Å². The molecule has 0 aliphatic carbocycles. The van der Waals surface area contributed by atoms with Crippen LogP contribution < -0.4 is 21.4 Å². The van der Waals surface area contributed by atoms with Crippen LogP contribution in [0.15, 0.2) is 27.4 Å². The van der Waals surface area contributed by atoms with E-state index in [2.05, 4.69) is 10.6 Å². The van der Waals surface area contributed by atoms with Crippen LogP contribution in [-0.4, -0.2) is 35.5 Å². The fourth-order valence-electron chi connectivity index (χ4n) is 2.71. The van der Waals surface area contributed by atoms with E-state index in [0.717, 1.165) is 0 Å². The van der Waals surface area contributed by atoms with E-state index >= 15 is 0 Å². The molecule has 0 unspecified atom stereocenters. The van der Waals surface area contributed by atoms with Crippen molar-refractivity contribution in [2.75, 3.05) is 6.54 Å². The lowest BCUT2D eigenvalue weighted by atomic mass is 10.0. The summed E-state index contributed by atoms with van der Waals surface area (Å²) in [6, 6.07) is 3.14. The second-order valence-corrected chi connectivity index (χ2v) is 6.74. The highest BCUT2D eigenvalue weighted by molar-refractivity contribution is 5.89. The van der Waals surface area contributed by atoms with Crippen LogP contribution in [0.25, 0.3) is 11.0 Å². The Balaban J connectivity index is 2.05. The molecule has 1 aromatic heterocycles. The van der Waals surface area contributed by atoms with Crippen molar-refractivity contribution in [2.45, 2.75) is 33.2 Å². The van der Waals surface area contributed by atoms with Gasteiger partial charge in [0, 0.05) is 11.5 Å². The molecule has 9 heteroatoms. The van der Waals surface area contributed by atoms with Gasteiger partial charge < -0.3 is 30.1 Å². The second-order valence-electron chi connectivity index (χ2n) is 6.74. The Bertz CT molecular complexity index is 978. The third-order valence-corrected chi connectivity index (χ3v) is 4.29. The third kappa shape index (κ3) is 4.87. The maximum absolute atomic E-state index is 12.2. The molecule has 1 aromatic carbocycles. The molecule has 2 amide bonds. The van der Waals surface area contributed by atoms with E-state index in [4.69, 9.17) is 4.42 Å². The van der Waals surface area contributed by atoms with Gasteiger partial charge in [-0.3, -0.25) is 9.59 Å². The van der Waals surface area contributed by atoms with Gasteiger partial charge >= 0.3 is 5.63 Å². The maximum Gasteiger partial charge on any atom is 0.340 e. The smallest absolute Gasteiger partial charge is 0.340 e. The highest BCUT2D eigenvalue weighted by Crippen LogP contribution is 2.23. The topological polar surface area (TPSA) is 149 Å². The molecule has 1 atom stereocenters. The number of phenols is 1. The van der Waals surface area contributed by atoms with Crippen molar-refractivity contribution in [3.8, 4) is 5.75 Å². The molecule has 2 rings (SSSR count). The molecular formula is C19H21N2O7-. The molecule has 28 heavy (non-hydrogen) atoms. The summed E-state index contributed by atoms with van der Waals surface area (Å²) in [5.41, 5.74) is 0.147. The van der Waals surface area contributed by atoms with Gasteiger partial charge in [-0.2, -0.15) is 0 Å². The van der Waals surface area contributed by atoms with Gasteiger partial charge in [-0.25, -0.2) is 4.79 Å². The second kappa shape index (κ2) is 8.55. The summed E-state index contributed by atoms with van der Waals surface area (Å²) >= 11 is 0. The van der Waals surface area contributed by atoms with E-state index in [1.54, 1.807) is 26.8 Å². The summed E-state index contributed by atoms with van der Waals surface area (Å²) in [7, 11) is 0. The standard InChI is InChI=1S/C19H22N2O7/c1-9(2)17(18(25)26)21-16(24)8-20-15(23)7-13-10(3)12-5-4-11(22)6-14(12)28-19(13)27/h4-6,9,17,22H,7-8H2,1-3H3,(H,20,23)(H,21,24)(H,25,26)/p-1/t17-/m0/s1. The summed E-state index contributed by atoms with van der Waals surface area (Å²) in [4.78, 5) is 47.1. The van der Waals surface area contributed by atoms with Crippen LogP contribution in [0.5, 0.6) is 5.75 Å². The number of fused-ring (bicyclic) bond motifs is 1. The first kappa shape index (κ1) is 20.9. The Morgan fingerprint density at radius 1 is 1.21 bits per heavy atom. The summed E-state index contributed by atoms with van der Waals surface area (Å²) in [5.74, 6) is -3.13. The Kier molecular flexibility index (Phi) is 6.40. The average molecular weight is 389 g/mol. The highest BCUT2D eigenvalue weighted by Gasteiger charge is 2.19. The first-order valence-electron chi connectivity index (χ1n) is 8.62. The van der Waals surface area contributed by atoms with Gasteiger partial charge in [0.2, 0.25) is 11.8 Å². The summed E-state index contributed by atoms with van der Waals surface area (Å²) in [6.07, 6.45) is -0.313. The minimum absolute atomic E-state index is 0.0529. The van der Waals surface area contributed by atoms with Crippen LogP contribution in [0, 0.1) is 12.8 Å². The van der Waals surface area contributed by atoms with E-state index in [0.29, 0.717) is 10.9 Å². The summed E-state index contributed by atoms with van der Waals surface area (Å²) in [6.45, 7) is 4.43. The summed E-state index contributed by atoms with van der Waals surface area (Å²) in [5, 5.41) is 25.6. The molecule has 0 spiro atoms. The largest absolute Gasteiger partial charge is 0.548 e. The molecule has 150 valence electrons. The number of carboxylic acids is 1. The minimum atomic E-state index is -1.41. The molecule has 3 N–H and O–H groups in total. The first-order chi connectivity index (χ1) is 13.1. The number of nitrogens with one attached hydrogen (secondary N) is 2. The number of benzene rings is 1. The molecule has 0 fully saturated rings. The van der Waals surface area contributed by atoms with Crippen LogP contribution in [0.2, 0.25) is 0 Å². The van der Waals surface area contributed by atoms with Crippen molar-refractivity contribution in [1.82, 2.24) is 10.6 Å². The number of phenolic OH excluding ortho intramolecular Hbond substituents is 1. The average Bonchev–Trinajstić information content (AvgIpc) is 2.60. The number of carbonyl (C=O) groups excluding carboxylic acids is 3. The van der Waals surface area contributed by atoms with Crippen LogP contribution >= 0.6 is 0 Å². The zero-order valence-corrected chi connectivity index (χ0v) is 15.7. The lowest BCUT2D eigenvalue weighted by Crippen LogP contribution is -2.53. The summed E-state index contributed by atoms with van der Waals surface area (Å²) < 4.78 is 5.14. The number of aromatic hydroxyl groups is 1. The number of carboxylic acid groups (broad SMARTS) is 1. The van der Waals surface area contributed by atoms with E-state index < -0.39 is 36.0 Å². The Labute approximate surface area is 160 Å². The van der Waals surface area contributed by atoms with E-state index in [-0.39, 0.29) is 29.2 Å². The Morgan fingerprint density at radius 2 is 1.89 bits per heavy atom. The molecule has 0 saturated carbocycles. The first-order valence-corrected chi connectivity index (χ1v) is 8.62. The predicted octanol–water partition coefficient (Wildman–Crippen LogP) is -0.644. The van der Waals surface area contributed by atoms with Crippen molar-refractivity contribution < 1.29 is 29.0 Å². The van der Waals surface area contributed by atoms with Gasteiger partial charge in [0.15, 0.2) is 0 Å². The number of rotatable bonds is 7. The van der Waals surface area contributed by atoms with Crippen molar-refractivity contribution >= 4 is 28.8 Å². The fourth-order valence-corrected chi connectivity index (χ4v) is 2.71. The Morgan fingerprint density at radius 3 is 2.50 bits per heavy atom. The van der Waals surface area contributed by atoms with Crippen molar-refractivity contribution in [1.29, 1.82) is 0 Å². The monoisotopic (exact) mass is 389 g/mol. The van der Waals surface area contributed by atoms with Crippen LogP contribution in [0.1, 0.15) is 25.0 Å². The van der Waals surface area contributed by atoms with Gasteiger partial charge in [0.1, 0.15) is 11.3 Å². The lowest BCUT2D eigenvalue weighted by Gasteiger charge is -2.23. The molecule has 2 aromatic rings. The number of hydrogen-bond donors (Lipinski definition) is 3. The lowest BCUT2D eigenvalue weighted by molar-refractivity contribution is -0.309. The number of hydrogen-bond acceptors (Lipinski definition) is 7. The zero-order valence-electron chi connectivity index (χ0n) is 15.7. The maximum atomic E-state index is 12.2. The third-order valence-electron chi connectivity index (χ3n) is 4.29. The minimum Gasteiger partial charge on any atom is -0.548 e. The number of carbonyl (C=O) groups is 3. The van der Waals surface area contributed by atoms with Gasteiger partial charge in [-0.15, -0.1) is 0 Å². The molecule has 0 aliphatic heterocycles.